The molecular formula is C28H32F3N5O4. The summed E-state index contributed by atoms with van der Waals surface area (Å²) in [4.78, 5) is 46.4. The topological polar surface area (TPSA) is 104 Å². The third-order valence-corrected chi connectivity index (χ3v) is 7.25. The quantitative estimate of drug-likeness (QED) is 0.283. The van der Waals surface area contributed by atoms with Crippen molar-refractivity contribution < 1.29 is 32.3 Å². The second kappa shape index (κ2) is 12.9. The summed E-state index contributed by atoms with van der Waals surface area (Å²) in [5, 5.41) is 5.15. The smallest absolute Gasteiger partial charge is 0.338 e. The first-order valence-electron chi connectivity index (χ1n) is 13.2. The van der Waals surface area contributed by atoms with Gasteiger partial charge in [-0.2, -0.15) is 0 Å². The first kappa shape index (κ1) is 29.1. The molecule has 1 aromatic heterocycles. The van der Waals surface area contributed by atoms with Gasteiger partial charge in [0.05, 0.1) is 12.7 Å². The van der Waals surface area contributed by atoms with E-state index in [2.05, 4.69) is 20.5 Å². The average molecular weight is 560 g/mol. The number of allylic oxidation sites excluding steroid dienone is 1. The molecule has 1 aromatic carbocycles. The second-order valence-corrected chi connectivity index (χ2v) is 9.69. The predicted octanol–water partition coefficient (Wildman–Crippen LogP) is 4.38. The number of esters is 1. The number of nitrogens with zero attached hydrogens (tertiary/aromatic N) is 3. The number of aromatic nitrogens is 1. The number of piperidine rings is 1. The van der Waals surface area contributed by atoms with Crippen molar-refractivity contribution in [2.45, 2.75) is 44.6 Å². The number of benzene rings is 1. The molecule has 0 saturated carbocycles. The highest BCUT2D eigenvalue weighted by atomic mass is 19.2. The van der Waals surface area contributed by atoms with Crippen molar-refractivity contribution in [1.29, 1.82) is 0 Å². The molecule has 2 aromatic rings. The Morgan fingerprint density at radius 2 is 1.85 bits per heavy atom. The lowest BCUT2D eigenvalue weighted by Gasteiger charge is -2.36. The Hall–Kier alpha value is -3.93. The van der Waals surface area contributed by atoms with Gasteiger partial charge in [0, 0.05) is 30.1 Å². The Morgan fingerprint density at radius 3 is 2.45 bits per heavy atom. The number of halogens is 3. The van der Waals surface area contributed by atoms with Crippen molar-refractivity contribution in [3.8, 4) is 0 Å². The standard InChI is InChI=1S/C28H32F3N5O4/c1-3-21-23(26(37)40-2)25(18-15-19(29)24(31)20(30)16-18)36(28(39)34-21)27(38)33-11-6-12-35-13-8-17(9-14-35)22-7-4-5-10-32-22/h4-5,7,10,15-17,25H,3,6,8-9,11-14H2,1-2H3,(H,33,38)(H,34,39). The summed E-state index contributed by atoms with van der Waals surface area (Å²) in [7, 11) is 1.10. The second-order valence-electron chi connectivity index (χ2n) is 9.69. The largest absolute Gasteiger partial charge is 0.466 e. The van der Waals surface area contributed by atoms with E-state index in [0.29, 0.717) is 35.9 Å². The van der Waals surface area contributed by atoms with Crippen LogP contribution in [0.3, 0.4) is 0 Å². The minimum Gasteiger partial charge on any atom is -0.466 e. The number of hydrogen-bond acceptors (Lipinski definition) is 6. The first-order valence-corrected chi connectivity index (χ1v) is 13.2. The van der Waals surface area contributed by atoms with Crippen LogP contribution in [0.25, 0.3) is 0 Å². The lowest BCUT2D eigenvalue weighted by Crippen LogP contribution is -2.54. The maximum Gasteiger partial charge on any atom is 0.338 e. The number of carbonyl (C=O) groups excluding carboxylic acids is 3. The number of imide groups is 1. The maximum atomic E-state index is 14.2. The van der Waals surface area contributed by atoms with Gasteiger partial charge < -0.3 is 20.3 Å². The molecule has 3 heterocycles. The zero-order chi connectivity index (χ0) is 28.8. The van der Waals surface area contributed by atoms with E-state index < -0.39 is 41.5 Å². The summed E-state index contributed by atoms with van der Waals surface area (Å²) in [5.74, 6) is -5.23. The van der Waals surface area contributed by atoms with E-state index in [9.17, 15) is 27.6 Å². The van der Waals surface area contributed by atoms with Gasteiger partial charge in [-0.3, -0.25) is 4.98 Å². The van der Waals surface area contributed by atoms with Gasteiger partial charge in [0.1, 0.15) is 6.04 Å². The fourth-order valence-corrected chi connectivity index (χ4v) is 5.20. The van der Waals surface area contributed by atoms with E-state index in [4.69, 9.17) is 4.74 Å². The van der Waals surface area contributed by atoms with Crippen LogP contribution in [0.4, 0.5) is 22.8 Å². The van der Waals surface area contributed by atoms with Crippen LogP contribution in [0.15, 0.2) is 47.8 Å². The molecule has 1 unspecified atom stereocenters. The molecule has 4 rings (SSSR count). The van der Waals surface area contributed by atoms with Gasteiger partial charge in [0.2, 0.25) is 0 Å². The molecule has 0 aliphatic carbocycles. The molecule has 214 valence electrons. The zero-order valence-electron chi connectivity index (χ0n) is 22.4. The summed E-state index contributed by atoms with van der Waals surface area (Å²) in [5.41, 5.74) is 0.755. The van der Waals surface area contributed by atoms with Crippen molar-refractivity contribution >= 4 is 18.0 Å². The molecule has 2 aliphatic heterocycles. The summed E-state index contributed by atoms with van der Waals surface area (Å²) >= 11 is 0. The summed E-state index contributed by atoms with van der Waals surface area (Å²) in [6, 6.07) is 3.94. The molecule has 2 N–H and O–H groups in total. The highest BCUT2D eigenvalue weighted by Crippen LogP contribution is 2.36. The zero-order valence-corrected chi connectivity index (χ0v) is 22.4. The molecule has 12 heteroatoms. The van der Waals surface area contributed by atoms with Crippen molar-refractivity contribution in [1.82, 2.24) is 25.4 Å². The fraction of sp³-hybridized carbons (Fsp3) is 0.429. The first-order chi connectivity index (χ1) is 19.2. The third kappa shape index (κ3) is 6.27. The molecule has 9 nitrogen and oxygen atoms in total. The Labute approximate surface area is 230 Å². The maximum absolute atomic E-state index is 14.2. The van der Waals surface area contributed by atoms with Crippen LogP contribution in [-0.4, -0.2) is 66.1 Å². The van der Waals surface area contributed by atoms with E-state index in [-0.39, 0.29) is 29.8 Å². The van der Waals surface area contributed by atoms with Crippen LogP contribution in [0, 0.1) is 17.5 Å². The number of nitrogens with one attached hydrogen (secondary N) is 2. The third-order valence-electron chi connectivity index (χ3n) is 7.25. The van der Waals surface area contributed by atoms with Crippen LogP contribution in [-0.2, 0) is 9.53 Å². The molecule has 1 atom stereocenters. The highest BCUT2D eigenvalue weighted by molar-refractivity contribution is 6.01. The van der Waals surface area contributed by atoms with Crippen LogP contribution in [0.1, 0.15) is 55.8 Å². The molecular weight excluding hydrogens is 527 g/mol. The molecule has 0 radical (unpaired) electrons. The van der Waals surface area contributed by atoms with Crippen molar-refractivity contribution in [3.63, 3.8) is 0 Å². The van der Waals surface area contributed by atoms with Gasteiger partial charge in [-0.1, -0.05) is 13.0 Å². The number of methoxy groups -OCH3 is 1. The van der Waals surface area contributed by atoms with Gasteiger partial charge in [0.25, 0.3) is 0 Å². The van der Waals surface area contributed by atoms with Crippen molar-refractivity contribution in [3.05, 3.63) is 76.5 Å². The Kier molecular flexibility index (Phi) is 9.41. The van der Waals surface area contributed by atoms with E-state index in [0.717, 1.165) is 38.7 Å². The number of amides is 4. The average Bonchev–Trinajstić information content (AvgIpc) is 2.97. The fourth-order valence-electron chi connectivity index (χ4n) is 5.20. The monoisotopic (exact) mass is 559 g/mol. The van der Waals surface area contributed by atoms with E-state index in [1.165, 1.54) is 0 Å². The summed E-state index contributed by atoms with van der Waals surface area (Å²) < 4.78 is 46.9. The van der Waals surface area contributed by atoms with Gasteiger partial charge in [0.15, 0.2) is 17.5 Å². The number of likely N-dealkylation sites (tertiary alicyclic amines) is 1. The van der Waals surface area contributed by atoms with Gasteiger partial charge in [-0.25, -0.2) is 32.5 Å². The summed E-state index contributed by atoms with van der Waals surface area (Å²) in [6.45, 7) is 4.35. The molecule has 4 amide bonds. The summed E-state index contributed by atoms with van der Waals surface area (Å²) in [6.07, 6.45) is 4.50. The van der Waals surface area contributed by atoms with Gasteiger partial charge in [-0.05, 0) is 75.1 Å². The van der Waals surface area contributed by atoms with Crippen molar-refractivity contribution in [2.24, 2.45) is 0 Å². The van der Waals surface area contributed by atoms with Crippen LogP contribution < -0.4 is 10.6 Å². The number of hydrogen-bond donors (Lipinski definition) is 2. The van der Waals surface area contributed by atoms with E-state index in [1.54, 1.807) is 13.1 Å². The van der Waals surface area contributed by atoms with Crippen LogP contribution >= 0.6 is 0 Å². The SMILES string of the molecule is CCC1=C(C(=O)OC)C(c2cc(F)c(F)c(F)c2)N(C(=O)NCCCN2CCC(c3ccccn3)CC2)C(=O)N1. The van der Waals surface area contributed by atoms with E-state index in [1.807, 2.05) is 18.2 Å². The Balaban J connectivity index is 1.44. The molecule has 1 saturated heterocycles. The minimum absolute atomic E-state index is 0.130. The normalized spacial score (nSPS) is 18.5. The van der Waals surface area contributed by atoms with Gasteiger partial charge >= 0.3 is 18.0 Å². The number of rotatable bonds is 8. The Morgan fingerprint density at radius 1 is 1.15 bits per heavy atom. The van der Waals surface area contributed by atoms with E-state index >= 15 is 0 Å². The predicted molar refractivity (Wildman–Crippen MR) is 139 cm³/mol. The molecule has 0 spiro atoms. The number of urea groups is 2. The lowest BCUT2D eigenvalue weighted by atomic mass is 9.92. The van der Waals surface area contributed by atoms with Crippen LogP contribution in [0.5, 0.6) is 0 Å². The molecule has 40 heavy (non-hydrogen) atoms. The Bertz CT molecular complexity index is 1260. The highest BCUT2D eigenvalue weighted by Gasteiger charge is 2.43. The lowest BCUT2D eigenvalue weighted by molar-refractivity contribution is -0.136. The molecule has 2 aliphatic rings. The number of carbonyl (C=O) groups is 3. The number of ether oxygens (including phenoxy) is 1. The van der Waals surface area contributed by atoms with Crippen LogP contribution in [0.2, 0.25) is 0 Å². The number of pyridine rings is 1. The molecule has 0 bridgehead atoms. The molecule has 1 fully saturated rings. The minimum atomic E-state index is -1.71. The van der Waals surface area contributed by atoms with Crippen molar-refractivity contribution in [2.75, 3.05) is 33.3 Å². The van der Waals surface area contributed by atoms with Gasteiger partial charge in [-0.15, -0.1) is 0 Å².